The molecule has 0 aromatic heterocycles. The maximum absolute atomic E-state index is 10.4. The molecule has 0 unspecified atom stereocenters. The van der Waals surface area contributed by atoms with Gasteiger partial charge < -0.3 is 5.73 Å². The van der Waals surface area contributed by atoms with Crippen molar-refractivity contribution in [3.8, 4) is 0 Å². The summed E-state index contributed by atoms with van der Waals surface area (Å²) in [5.41, 5.74) is 8.95. The normalized spacial score (nSPS) is 9.64. The molecule has 0 atom stereocenters. The summed E-state index contributed by atoms with van der Waals surface area (Å²) in [6, 6.07) is 3.64. The Kier molecular flexibility index (Phi) is 1.94. The molecule has 0 saturated heterocycles. The molecule has 58 valence electrons. The minimum absolute atomic E-state index is 0.577. The minimum Gasteiger partial charge on any atom is -0.398 e. The van der Waals surface area contributed by atoms with Gasteiger partial charge in [0.25, 0.3) is 0 Å². The molecular formula is C9H11NO. The van der Waals surface area contributed by atoms with E-state index in [2.05, 4.69) is 0 Å². The number of carbonyl (C=O) groups is 1. The number of hydrogen-bond acceptors (Lipinski definition) is 2. The van der Waals surface area contributed by atoms with Gasteiger partial charge >= 0.3 is 0 Å². The van der Waals surface area contributed by atoms with Crippen LogP contribution in [-0.2, 0) is 0 Å². The highest BCUT2D eigenvalue weighted by atomic mass is 16.1. The van der Waals surface area contributed by atoms with Crippen LogP contribution in [0.2, 0.25) is 0 Å². The zero-order valence-electron chi connectivity index (χ0n) is 6.72. The highest BCUT2D eigenvalue weighted by Gasteiger charge is 2.01. The molecular weight excluding hydrogens is 138 g/mol. The lowest BCUT2D eigenvalue weighted by atomic mass is 10.0. The van der Waals surface area contributed by atoms with Crippen molar-refractivity contribution >= 4 is 12.0 Å². The smallest absolute Gasteiger partial charge is 0.152 e. The van der Waals surface area contributed by atoms with Crippen LogP contribution in [0.1, 0.15) is 21.5 Å². The Hall–Kier alpha value is -1.31. The first-order valence-corrected chi connectivity index (χ1v) is 3.47. The van der Waals surface area contributed by atoms with Crippen molar-refractivity contribution in [2.75, 3.05) is 5.73 Å². The molecule has 0 aliphatic rings. The van der Waals surface area contributed by atoms with Crippen LogP contribution in [-0.4, -0.2) is 6.29 Å². The van der Waals surface area contributed by atoms with Gasteiger partial charge in [-0.15, -0.1) is 0 Å². The van der Waals surface area contributed by atoms with Crippen LogP contribution in [0.5, 0.6) is 0 Å². The molecule has 0 spiro atoms. The third kappa shape index (κ3) is 1.24. The summed E-state index contributed by atoms with van der Waals surface area (Å²) in [5, 5.41) is 0. The Morgan fingerprint density at radius 3 is 2.55 bits per heavy atom. The summed E-state index contributed by atoms with van der Waals surface area (Å²) in [6.45, 7) is 3.89. The van der Waals surface area contributed by atoms with Crippen molar-refractivity contribution in [3.05, 3.63) is 28.8 Å². The fourth-order valence-corrected chi connectivity index (χ4v) is 0.961. The van der Waals surface area contributed by atoms with Crippen molar-refractivity contribution in [1.29, 1.82) is 0 Å². The highest BCUT2D eigenvalue weighted by Crippen LogP contribution is 2.18. The number of aryl methyl sites for hydroxylation is 1. The number of carbonyl (C=O) groups excluding carboxylic acids is 1. The van der Waals surface area contributed by atoms with Crippen molar-refractivity contribution in [2.24, 2.45) is 0 Å². The van der Waals surface area contributed by atoms with Gasteiger partial charge in [-0.2, -0.15) is 0 Å². The van der Waals surface area contributed by atoms with Crippen molar-refractivity contribution in [3.63, 3.8) is 0 Å². The zero-order valence-corrected chi connectivity index (χ0v) is 6.72. The Morgan fingerprint density at radius 2 is 2.00 bits per heavy atom. The van der Waals surface area contributed by atoms with E-state index in [1.165, 1.54) is 0 Å². The molecule has 0 radical (unpaired) electrons. The van der Waals surface area contributed by atoms with Crippen LogP contribution in [0.4, 0.5) is 5.69 Å². The van der Waals surface area contributed by atoms with Gasteiger partial charge in [-0.3, -0.25) is 4.79 Å². The molecule has 1 rings (SSSR count). The second-order valence-electron chi connectivity index (χ2n) is 2.63. The van der Waals surface area contributed by atoms with Crippen molar-refractivity contribution in [1.82, 2.24) is 0 Å². The van der Waals surface area contributed by atoms with E-state index in [9.17, 15) is 4.79 Å². The molecule has 2 N–H and O–H groups in total. The molecule has 1 aromatic carbocycles. The second kappa shape index (κ2) is 2.74. The molecule has 2 nitrogen and oxygen atoms in total. The molecule has 0 fully saturated rings. The fraction of sp³-hybridized carbons (Fsp3) is 0.222. The fourth-order valence-electron chi connectivity index (χ4n) is 0.961. The van der Waals surface area contributed by atoms with Crippen LogP contribution in [0, 0.1) is 13.8 Å². The Balaban J connectivity index is 3.36. The van der Waals surface area contributed by atoms with E-state index in [1.807, 2.05) is 19.9 Å². The van der Waals surface area contributed by atoms with Crippen LogP contribution in [0.3, 0.4) is 0 Å². The summed E-state index contributed by atoms with van der Waals surface area (Å²) < 4.78 is 0. The van der Waals surface area contributed by atoms with Gasteiger partial charge in [0, 0.05) is 11.3 Å². The lowest BCUT2D eigenvalue weighted by Gasteiger charge is -2.05. The summed E-state index contributed by atoms with van der Waals surface area (Å²) in [5.74, 6) is 0. The first-order chi connectivity index (χ1) is 5.16. The number of nitrogen functional groups attached to an aromatic ring is 1. The number of nitrogens with two attached hydrogens (primary N) is 1. The van der Waals surface area contributed by atoms with Gasteiger partial charge in [0.15, 0.2) is 6.29 Å². The summed E-state index contributed by atoms with van der Waals surface area (Å²) in [4.78, 5) is 10.4. The molecule has 0 saturated carbocycles. The number of hydrogen-bond donors (Lipinski definition) is 1. The van der Waals surface area contributed by atoms with Crippen LogP contribution >= 0.6 is 0 Å². The van der Waals surface area contributed by atoms with E-state index >= 15 is 0 Å². The largest absolute Gasteiger partial charge is 0.398 e. The van der Waals surface area contributed by atoms with Crippen LogP contribution in [0.15, 0.2) is 12.1 Å². The molecule has 0 aliphatic carbocycles. The monoisotopic (exact) mass is 149 g/mol. The summed E-state index contributed by atoms with van der Waals surface area (Å²) in [7, 11) is 0. The number of rotatable bonds is 1. The van der Waals surface area contributed by atoms with Crippen molar-refractivity contribution in [2.45, 2.75) is 13.8 Å². The standard InChI is InChI=1S/C9H11NO/c1-6-3-4-8(5-11)9(10)7(6)2/h3-5H,10H2,1-2H3. The second-order valence-corrected chi connectivity index (χ2v) is 2.63. The topological polar surface area (TPSA) is 43.1 Å². The first kappa shape index (κ1) is 7.79. The number of aldehydes is 1. The predicted molar refractivity (Wildman–Crippen MR) is 45.7 cm³/mol. The average Bonchev–Trinajstić information content (AvgIpc) is 2.01. The average molecular weight is 149 g/mol. The maximum Gasteiger partial charge on any atom is 0.152 e. The lowest BCUT2D eigenvalue weighted by molar-refractivity contribution is 0.112. The van der Waals surface area contributed by atoms with Crippen molar-refractivity contribution < 1.29 is 4.79 Å². The lowest BCUT2D eigenvalue weighted by Crippen LogP contribution is -1.97. The van der Waals surface area contributed by atoms with Gasteiger partial charge in [-0.25, -0.2) is 0 Å². The maximum atomic E-state index is 10.4. The van der Waals surface area contributed by atoms with Gasteiger partial charge in [0.05, 0.1) is 0 Å². The zero-order chi connectivity index (χ0) is 8.43. The molecule has 0 aliphatic heterocycles. The van der Waals surface area contributed by atoms with E-state index in [0.717, 1.165) is 17.4 Å². The Bertz CT molecular complexity index is 292. The summed E-state index contributed by atoms with van der Waals surface area (Å²) >= 11 is 0. The number of benzene rings is 1. The highest BCUT2D eigenvalue weighted by molar-refractivity contribution is 5.84. The minimum atomic E-state index is 0.577. The predicted octanol–water partition coefficient (Wildman–Crippen LogP) is 1.70. The van der Waals surface area contributed by atoms with E-state index in [-0.39, 0.29) is 0 Å². The van der Waals surface area contributed by atoms with Gasteiger partial charge in [-0.1, -0.05) is 6.07 Å². The molecule has 0 heterocycles. The van der Waals surface area contributed by atoms with Gasteiger partial charge in [0.1, 0.15) is 0 Å². The van der Waals surface area contributed by atoms with Crippen LogP contribution < -0.4 is 5.73 Å². The SMILES string of the molecule is Cc1ccc(C=O)c(N)c1C. The number of anilines is 1. The molecule has 11 heavy (non-hydrogen) atoms. The molecule has 2 heteroatoms. The Morgan fingerprint density at radius 1 is 1.36 bits per heavy atom. The molecule has 0 amide bonds. The van der Waals surface area contributed by atoms with Crippen LogP contribution in [0.25, 0.3) is 0 Å². The first-order valence-electron chi connectivity index (χ1n) is 3.47. The molecule has 1 aromatic rings. The van der Waals surface area contributed by atoms with E-state index in [4.69, 9.17) is 5.73 Å². The van der Waals surface area contributed by atoms with E-state index in [1.54, 1.807) is 6.07 Å². The third-order valence-corrected chi connectivity index (χ3v) is 1.95. The molecule has 0 bridgehead atoms. The van der Waals surface area contributed by atoms with E-state index in [0.29, 0.717) is 11.3 Å². The quantitative estimate of drug-likeness (QED) is 0.487. The summed E-state index contributed by atoms with van der Waals surface area (Å²) in [6.07, 6.45) is 0.780. The van der Waals surface area contributed by atoms with E-state index < -0.39 is 0 Å². The Labute approximate surface area is 66.0 Å². The van der Waals surface area contributed by atoms with Gasteiger partial charge in [0.2, 0.25) is 0 Å². The van der Waals surface area contributed by atoms with Gasteiger partial charge in [-0.05, 0) is 31.0 Å². The third-order valence-electron chi connectivity index (χ3n) is 1.95.